The maximum absolute atomic E-state index is 13.6. The first-order valence-electron chi connectivity index (χ1n) is 6.44. The monoisotopic (exact) mass is 288 g/mol. The number of pyridine rings is 1. The fourth-order valence-corrected chi connectivity index (χ4v) is 2.16. The van der Waals surface area contributed by atoms with Gasteiger partial charge in [0.1, 0.15) is 11.6 Å². The summed E-state index contributed by atoms with van der Waals surface area (Å²) in [6.45, 7) is 0.604. The van der Waals surface area contributed by atoms with Crippen LogP contribution < -0.4 is 10.1 Å². The van der Waals surface area contributed by atoms with Crippen molar-refractivity contribution in [3.63, 3.8) is 0 Å². The van der Waals surface area contributed by atoms with E-state index >= 15 is 0 Å². The highest BCUT2D eigenvalue weighted by Gasteiger charge is 2.17. The van der Waals surface area contributed by atoms with Crippen LogP contribution in [0.25, 0.3) is 0 Å². The molecule has 0 fully saturated rings. The van der Waals surface area contributed by atoms with Crippen molar-refractivity contribution in [2.24, 2.45) is 0 Å². The van der Waals surface area contributed by atoms with Gasteiger partial charge in [0.15, 0.2) is 6.79 Å². The number of hydrogen-bond donors (Lipinski definition) is 1. The Morgan fingerprint density at radius 3 is 3.14 bits per heavy atom. The molecule has 1 aliphatic rings. The van der Waals surface area contributed by atoms with E-state index < -0.39 is 0 Å². The topological polar surface area (TPSA) is 60.5 Å². The molecule has 1 amide bonds. The normalized spacial score (nSPS) is 13.2. The van der Waals surface area contributed by atoms with Gasteiger partial charge in [-0.15, -0.1) is 0 Å². The highest BCUT2D eigenvalue weighted by molar-refractivity contribution is 5.93. The van der Waals surface area contributed by atoms with Gasteiger partial charge in [0.2, 0.25) is 0 Å². The molecule has 0 radical (unpaired) electrons. The number of amides is 1. The molecule has 0 bridgehead atoms. The molecule has 108 valence electrons. The fraction of sp³-hybridized carbons (Fsp3) is 0.200. The van der Waals surface area contributed by atoms with Crippen molar-refractivity contribution in [3.8, 4) is 5.75 Å². The van der Waals surface area contributed by atoms with Crippen LogP contribution in [0.5, 0.6) is 5.75 Å². The maximum Gasteiger partial charge on any atom is 0.253 e. The number of hydrogen-bond acceptors (Lipinski definition) is 4. The van der Waals surface area contributed by atoms with Crippen molar-refractivity contribution in [1.29, 1.82) is 0 Å². The molecule has 0 unspecified atom stereocenters. The van der Waals surface area contributed by atoms with Gasteiger partial charge in [-0.3, -0.25) is 9.78 Å². The van der Waals surface area contributed by atoms with E-state index in [1.54, 1.807) is 18.3 Å². The van der Waals surface area contributed by atoms with Gasteiger partial charge in [-0.2, -0.15) is 0 Å². The summed E-state index contributed by atoms with van der Waals surface area (Å²) >= 11 is 0. The van der Waals surface area contributed by atoms with Gasteiger partial charge in [0.05, 0.1) is 12.2 Å². The highest BCUT2D eigenvalue weighted by Crippen LogP contribution is 2.29. The number of rotatable bonds is 3. The molecular formula is C15H13FN2O3. The number of halogens is 1. The molecule has 21 heavy (non-hydrogen) atoms. The lowest BCUT2D eigenvalue weighted by Gasteiger charge is -2.21. The van der Waals surface area contributed by atoms with Crippen LogP contribution in [0, 0.1) is 5.82 Å². The summed E-state index contributed by atoms with van der Waals surface area (Å²) in [7, 11) is 0. The Hall–Kier alpha value is -2.47. The van der Waals surface area contributed by atoms with Gasteiger partial charge in [0, 0.05) is 30.1 Å². The molecule has 0 atom stereocenters. The molecule has 1 N–H and O–H groups in total. The average Bonchev–Trinajstić information content (AvgIpc) is 2.53. The lowest BCUT2D eigenvalue weighted by Crippen LogP contribution is -2.24. The molecule has 5 nitrogen and oxygen atoms in total. The molecule has 2 aromatic rings. The number of ether oxygens (including phenoxy) is 2. The van der Waals surface area contributed by atoms with Crippen LogP contribution >= 0.6 is 0 Å². The van der Waals surface area contributed by atoms with Gasteiger partial charge in [-0.1, -0.05) is 0 Å². The highest BCUT2D eigenvalue weighted by atomic mass is 19.1. The van der Waals surface area contributed by atoms with Crippen LogP contribution in [0.3, 0.4) is 0 Å². The zero-order valence-electron chi connectivity index (χ0n) is 11.1. The SMILES string of the molecule is O=C(NCc1cc(F)cc2c1OCOC2)c1cccnc1. The minimum Gasteiger partial charge on any atom is -0.467 e. The number of nitrogens with one attached hydrogen (secondary N) is 1. The first-order chi connectivity index (χ1) is 10.2. The van der Waals surface area contributed by atoms with Crippen LogP contribution in [-0.4, -0.2) is 17.7 Å². The van der Waals surface area contributed by atoms with E-state index in [1.807, 2.05) is 0 Å². The number of fused-ring (bicyclic) bond motifs is 1. The van der Waals surface area contributed by atoms with Crippen molar-refractivity contribution >= 4 is 5.91 Å². The zero-order chi connectivity index (χ0) is 14.7. The molecule has 1 aromatic heterocycles. The summed E-state index contributed by atoms with van der Waals surface area (Å²) < 4.78 is 24.1. The van der Waals surface area contributed by atoms with Crippen LogP contribution in [0.15, 0.2) is 36.7 Å². The minimum atomic E-state index is -0.381. The Morgan fingerprint density at radius 1 is 1.43 bits per heavy atom. The first kappa shape index (κ1) is 13.5. The average molecular weight is 288 g/mol. The van der Waals surface area contributed by atoms with Gasteiger partial charge >= 0.3 is 0 Å². The molecule has 0 saturated carbocycles. The zero-order valence-corrected chi connectivity index (χ0v) is 11.1. The van der Waals surface area contributed by atoms with Gasteiger partial charge in [0.25, 0.3) is 5.91 Å². The predicted molar refractivity (Wildman–Crippen MR) is 72.1 cm³/mol. The lowest BCUT2D eigenvalue weighted by atomic mass is 10.1. The largest absolute Gasteiger partial charge is 0.467 e. The second kappa shape index (κ2) is 5.88. The second-order valence-electron chi connectivity index (χ2n) is 4.59. The van der Waals surface area contributed by atoms with E-state index in [4.69, 9.17) is 9.47 Å². The minimum absolute atomic E-state index is 0.127. The smallest absolute Gasteiger partial charge is 0.253 e. The summed E-state index contributed by atoms with van der Waals surface area (Å²) in [5.41, 5.74) is 1.68. The van der Waals surface area contributed by atoms with E-state index in [0.717, 1.165) is 0 Å². The summed E-state index contributed by atoms with van der Waals surface area (Å²) in [5.74, 6) is -0.0733. The standard InChI is InChI=1S/C15H13FN2O3/c16-13-4-11(14-12(5-13)8-20-9-21-14)7-18-15(19)10-2-1-3-17-6-10/h1-6H,7-9H2,(H,18,19). The predicted octanol–water partition coefficient (Wildman–Crippen LogP) is 2.02. The van der Waals surface area contributed by atoms with Crippen molar-refractivity contribution in [2.45, 2.75) is 13.2 Å². The summed E-state index contributed by atoms with van der Waals surface area (Å²) in [4.78, 5) is 15.8. The Labute approximate surface area is 120 Å². The van der Waals surface area contributed by atoms with Gasteiger partial charge < -0.3 is 14.8 Å². The molecule has 0 saturated heterocycles. The Bertz CT molecular complexity index is 661. The third-order valence-electron chi connectivity index (χ3n) is 3.11. The van der Waals surface area contributed by atoms with E-state index in [0.29, 0.717) is 29.0 Å². The van der Waals surface area contributed by atoms with Crippen molar-refractivity contribution in [3.05, 3.63) is 59.2 Å². The molecule has 2 heterocycles. The molecular weight excluding hydrogens is 275 g/mol. The quantitative estimate of drug-likeness (QED) is 0.938. The third-order valence-corrected chi connectivity index (χ3v) is 3.11. The van der Waals surface area contributed by atoms with Crippen molar-refractivity contribution in [1.82, 2.24) is 10.3 Å². The van der Waals surface area contributed by atoms with E-state index in [2.05, 4.69) is 10.3 Å². The van der Waals surface area contributed by atoms with Crippen LogP contribution in [-0.2, 0) is 17.9 Å². The lowest BCUT2D eigenvalue weighted by molar-refractivity contribution is -0.0173. The maximum atomic E-state index is 13.6. The third kappa shape index (κ3) is 3.00. The number of carbonyl (C=O) groups excluding carboxylic acids is 1. The van der Waals surface area contributed by atoms with Crippen LogP contribution in [0.1, 0.15) is 21.5 Å². The van der Waals surface area contributed by atoms with Gasteiger partial charge in [-0.25, -0.2) is 4.39 Å². The molecule has 1 aromatic carbocycles. The number of aromatic nitrogens is 1. The number of benzene rings is 1. The van der Waals surface area contributed by atoms with Crippen molar-refractivity contribution in [2.75, 3.05) is 6.79 Å². The number of nitrogens with zero attached hydrogens (tertiary/aromatic N) is 1. The Balaban J connectivity index is 1.76. The van der Waals surface area contributed by atoms with Crippen molar-refractivity contribution < 1.29 is 18.7 Å². The summed E-state index contributed by atoms with van der Waals surface area (Å²) in [6.07, 6.45) is 3.06. The van der Waals surface area contributed by atoms with E-state index in [9.17, 15) is 9.18 Å². The molecule has 1 aliphatic heterocycles. The van der Waals surface area contributed by atoms with E-state index in [1.165, 1.54) is 18.3 Å². The van der Waals surface area contributed by atoms with E-state index in [-0.39, 0.29) is 25.1 Å². The Morgan fingerprint density at radius 2 is 2.33 bits per heavy atom. The Kier molecular flexibility index (Phi) is 3.79. The van der Waals surface area contributed by atoms with Crippen LogP contribution in [0.4, 0.5) is 4.39 Å². The first-order valence-corrected chi connectivity index (χ1v) is 6.44. The molecule has 0 spiro atoms. The number of carbonyl (C=O) groups is 1. The summed E-state index contributed by atoms with van der Waals surface area (Å²) in [6, 6.07) is 6.07. The molecule has 6 heteroatoms. The van der Waals surface area contributed by atoms with Crippen LogP contribution in [0.2, 0.25) is 0 Å². The summed E-state index contributed by atoms with van der Waals surface area (Å²) in [5, 5.41) is 2.73. The van der Waals surface area contributed by atoms with Gasteiger partial charge in [-0.05, 0) is 24.3 Å². The molecule has 0 aliphatic carbocycles. The molecule has 3 rings (SSSR count). The second-order valence-corrected chi connectivity index (χ2v) is 4.59. The fourth-order valence-electron chi connectivity index (χ4n) is 2.16.